The number of carbonyl (C=O) groups is 2. The highest BCUT2D eigenvalue weighted by Crippen LogP contribution is 2.27. The topological polar surface area (TPSA) is 111 Å². The van der Waals surface area contributed by atoms with Crippen LogP contribution in [0.4, 0.5) is 11.4 Å². The number of ether oxygens (including phenoxy) is 1. The number of nitrogens with zero attached hydrogens (tertiary/aromatic N) is 2. The molecule has 1 aromatic carbocycles. The Kier molecular flexibility index (Phi) is 5.99. The first-order chi connectivity index (χ1) is 11.4. The molecule has 0 aliphatic carbocycles. The normalized spacial score (nSPS) is 10.1. The van der Waals surface area contributed by atoms with E-state index in [1.807, 2.05) is 0 Å². The van der Waals surface area contributed by atoms with E-state index in [2.05, 4.69) is 42.2 Å². The van der Waals surface area contributed by atoms with E-state index in [4.69, 9.17) is 4.74 Å². The predicted octanol–water partition coefficient (Wildman–Crippen LogP) is 3.31. The number of esters is 1. The Morgan fingerprint density at radius 3 is 2.62 bits per heavy atom. The minimum absolute atomic E-state index is 0.117. The van der Waals surface area contributed by atoms with Crippen LogP contribution in [0, 0.1) is 10.1 Å². The number of carbonyl (C=O) groups excluding carboxylic acids is 2. The van der Waals surface area contributed by atoms with E-state index in [0.717, 1.165) is 0 Å². The summed E-state index contributed by atoms with van der Waals surface area (Å²) in [7, 11) is 0. The lowest BCUT2D eigenvalue weighted by molar-refractivity contribution is -0.384. The number of amides is 1. The molecule has 1 amide bonds. The van der Waals surface area contributed by atoms with Crippen molar-refractivity contribution in [3.8, 4) is 0 Å². The number of anilines is 1. The molecule has 1 aromatic heterocycles. The SMILES string of the molecule is O=C(COC(=O)c1cncc(Br)c1)Nc1ccc([N+](=O)[O-])cc1Br. The summed E-state index contributed by atoms with van der Waals surface area (Å²) in [5.41, 5.74) is 0.410. The summed E-state index contributed by atoms with van der Waals surface area (Å²) in [6.45, 7) is -0.505. The maximum absolute atomic E-state index is 11.8. The van der Waals surface area contributed by atoms with Gasteiger partial charge in [-0.15, -0.1) is 0 Å². The lowest BCUT2D eigenvalue weighted by Crippen LogP contribution is -2.21. The van der Waals surface area contributed by atoms with Crippen LogP contribution < -0.4 is 5.32 Å². The van der Waals surface area contributed by atoms with Gasteiger partial charge >= 0.3 is 5.97 Å². The summed E-state index contributed by atoms with van der Waals surface area (Å²) in [5.74, 6) is -1.28. The van der Waals surface area contributed by atoms with Crippen molar-refractivity contribution < 1.29 is 19.2 Å². The zero-order valence-electron chi connectivity index (χ0n) is 11.9. The molecular weight excluding hydrogens is 450 g/mol. The highest BCUT2D eigenvalue weighted by atomic mass is 79.9. The van der Waals surface area contributed by atoms with Crippen molar-refractivity contribution in [2.75, 3.05) is 11.9 Å². The van der Waals surface area contributed by atoms with Crippen molar-refractivity contribution in [1.82, 2.24) is 4.98 Å². The van der Waals surface area contributed by atoms with E-state index in [1.165, 1.54) is 36.7 Å². The van der Waals surface area contributed by atoms with Gasteiger partial charge in [0.25, 0.3) is 11.6 Å². The van der Waals surface area contributed by atoms with E-state index in [0.29, 0.717) is 14.6 Å². The molecule has 1 N–H and O–H groups in total. The third kappa shape index (κ3) is 4.83. The Bertz CT molecular complexity index is 813. The van der Waals surface area contributed by atoms with Crippen LogP contribution in [0.25, 0.3) is 0 Å². The molecule has 0 unspecified atom stereocenters. The van der Waals surface area contributed by atoms with Crippen molar-refractivity contribution >= 4 is 55.1 Å². The van der Waals surface area contributed by atoms with Crippen molar-refractivity contribution in [1.29, 1.82) is 0 Å². The van der Waals surface area contributed by atoms with Gasteiger partial charge < -0.3 is 10.1 Å². The third-order valence-corrected chi connectivity index (χ3v) is 3.80. The minimum atomic E-state index is -0.693. The lowest BCUT2D eigenvalue weighted by Gasteiger charge is -2.08. The van der Waals surface area contributed by atoms with Gasteiger partial charge in [-0.3, -0.25) is 19.9 Å². The quantitative estimate of drug-likeness (QED) is 0.418. The van der Waals surface area contributed by atoms with Crippen LogP contribution in [0.15, 0.2) is 45.6 Å². The zero-order valence-corrected chi connectivity index (χ0v) is 15.0. The zero-order chi connectivity index (χ0) is 17.7. The van der Waals surface area contributed by atoms with E-state index in [-0.39, 0.29) is 11.3 Å². The fourth-order valence-electron chi connectivity index (χ4n) is 1.64. The largest absolute Gasteiger partial charge is 0.452 e. The molecule has 0 aliphatic heterocycles. The number of non-ortho nitro benzene ring substituents is 1. The predicted molar refractivity (Wildman–Crippen MR) is 91.6 cm³/mol. The minimum Gasteiger partial charge on any atom is -0.452 e. The first-order valence-corrected chi connectivity index (χ1v) is 7.97. The van der Waals surface area contributed by atoms with Gasteiger partial charge in [-0.05, 0) is 44.0 Å². The number of pyridine rings is 1. The highest BCUT2D eigenvalue weighted by Gasteiger charge is 2.14. The lowest BCUT2D eigenvalue weighted by atomic mass is 10.3. The molecule has 0 saturated carbocycles. The standard InChI is InChI=1S/C14H9Br2N3O5/c15-9-3-8(5-17-6-9)14(21)24-7-13(20)18-12-2-1-10(19(22)23)4-11(12)16/h1-6H,7H2,(H,18,20). The first kappa shape index (κ1) is 18.0. The Balaban J connectivity index is 1.94. The van der Waals surface area contributed by atoms with Crippen LogP contribution in [0.1, 0.15) is 10.4 Å². The summed E-state index contributed by atoms with van der Waals surface area (Å²) in [6.07, 6.45) is 2.83. The summed E-state index contributed by atoms with van der Waals surface area (Å²) in [5, 5.41) is 13.1. The summed E-state index contributed by atoms with van der Waals surface area (Å²) in [4.78, 5) is 37.5. The van der Waals surface area contributed by atoms with Crippen LogP contribution in [0.2, 0.25) is 0 Å². The molecule has 1 heterocycles. The van der Waals surface area contributed by atoms with Crippen molar-refractivity contribution in [3.63, 3.8) is 0 Å². The maximum Gasteiger partial charge on any atom is 0.340 e. The van der Waals surface area contributed by atoms with Crippen molar-refractivity contribution in [2.24, 2.45) is 0 Å². The van der Waals surface area contributed by atoms with Gasteiger partial charge in [0.1, 0.15) is 0 Å². The fraction of sp³-hybridized carbons (Fsp3) is 0.0714. The molecule has 10 heteroatoms. The molecule has 0 fully saturated rings. The number of hydrogen-bond acceptors (Lipinski definition) is 6. The molecule has 0 bridgehead atoms. The highest BCUT2D eigenvalue weighted by molar-refractivity contribution is 9.10. The molecule has 0 atom stereocenters. The number of aromatic nitrogens is 1. The molecule has 0 saturated heterocycles. The number of nitro groups is 1. The summed E-state index contributed by atoms with van der Waals surface area (Å²) < 4.78 is 5.83. The third-order valence-electron chi connectivity index (χ3n) is 2.71. The average Bonchev–Trinajstić information content (AvgIpc) is 2.54. The van der Waals surface area contributed by atoms with Crippen LogP contribution in [-0.4, -0.2) is 28.4 Å². The summed E-state index contributed by atoms with van der Waals surface area (Å²) in [6, 6.07) is 5.40. The molecule has 8 nitrogen and oxygen atoms in total. The molecule has 24 heavy (non-hydrogen) atoms. The van der Waals surface area contributed by atoms with Crippen LogP contribution >= 0.6 is 31.9 Å². The second kappa shape index (κ2) is 7.97. The molecule has 2 rings (SSSR count). The average molecular weight is 459 g/mol. The monoisotopic (exact) mass is 457 g/mol. The van der Waals surface area contributed by atoms with E-state index in [9.17, 15) is 19.7 Å². The maximum atomic E-state index is 11.8. The van der Waals surface area contributed by atoms with Gasteiger partial charge in [0, 0.05) is 33.5 Å². The number of nitro benzene ring substituents is 1. The molecule has 0 aliphatic rings. The van der Waals surface area contributed by atoms with Gasteiger partial charge in [0.2, 0.25) is 0 Å². The molecule has 0 radical (unpaired) electrons. The smallest absolute Gasteiger partial charge is 0.340 e. The van der Waals surface area contributed by atoms with E-state index >= 15 is 0 Å². The molecule has 2 aromatic rings. The van der Waals surface area contributed by atoms with Gasteiger partial charge in [0.15, 0.2) is 6.61 Å². The van der Waals surface area contributed by atoms with Gasteiger partial charge in [-0.1, -0.05) is 0 Å². The van der Waals surface area contributed by atoms with Crippen LogP contribution in [0.5, 0.6) is 0 Å². The summed E-state index contributed by atoms with van der Waals surface area (Å²) >= 11 is 6.30. The Morgan fingerprint density at radius 2 is 2.00 bits per heavy atom. The molecule has 124 valence electrons. The molecular formula is C14H9Br2N3O5. The van der Waals surface area contributed by atoms with Crippen LogP contribution in [0.3, 0.4) is 0 Å². The number of rotatable bonds is 5. The van der Waals surface area contributed by atoms with E-state index in [1.54, 1.807) is 0 Å². The Labute approximate surface area is 152 Å². The Hall–Kier alpha value is -2.33. The number of hydrogen-bond donors (Lipinski definition) is 1. The van der Waals surface area contributed by atoms with Gasteiger partial charge in [0.05, 0.1) is 16.2 Å². The number of nitrogens with one attached hydrogen (secondary N) is 1. The first-order valence-electron chi connectivity index (χ1n) is 6.38. The van der Waals surface area contributed by atoms with Gasteiger partial charge in [-0.2, -0.15) is 0 Å². The Morgan fingerprint density at radius 1 is 1.25 bits per heavy atom. The number of benzene rings is 1. The van der Waals surface area contributed by atoms with Gasteiger partial charge in [-0.25, -0.2) is 4.79 Å². The van der Waals surface area contributed by atoms with Crippen LogP contribution in [-0.2, 0) is 9.53 Å². The van der Waals surface area contributed by atoms with E-state index < -0.39 is 23.4 Å². The van der Waals surface area contributed by atoms with Crippen molar-refractivity contribution in [3.05, 3.63) is 61.3 Å². The second-order valence-corrected chi connectivity index (χ2v) is 6.21. The molecule has 0 spiro atoms. The van der Waals surface area contributed by atoms with Crippen molar-refractivity contribution in [2.45, 2.75) is 0 Å². The number of halogens is 2. The fourth-order valence-corrected chi connectivity index (χ4v) is 2.47. The second-order valence-electron chi connectivity index (χ2n) is 4.44.